The number of nitrogens with one attached hydrogen (secondary N) is 1. The van der Waals surface area contributed by atoms with Crippen molar-refractivity contribution in [3.05, 3.63) is 112 Å². The van der Waals surface area contributed by atoms with Crippen molar-refractivity contribution in [1.29, 1.82) is 0 Å². The number of hydrogen-bond donors (Lipinski definition) is 1. The molecule has 1 amide bonds. The van der Waals surface area contributed by atoms with Gasteiger partial charge in [0.15, 0.2) is 0 Å². The molecule has 1 aliphatic heterocycles. The van der Waals surface area contributed by atoms with Crippen molar-refractivity contribution in [1.82, 2.24) is 0 Å². The average molecular weight is 407 g/mol. The molecule has 1 N–H and O–H groups in total. The van der Waals surface area contributed by atoms with E-state index in [-0.39, 0.29) is 11.4 Å². The van der Waals surface area contributed by atoms with Gasteiger partial charge in [-0.05, 0) is 60.7 Å². The van der Waals surface area contributed by atoms with E-state index in [0.29, 0.717) is 16.9 Å². The van der Waals surface area contributed by atoms with E-state index in [2.05, 4.69) is 5.32 Å². The van der Waals surface area contributed by atoms with Crippen molar-refractivity contribution < 1.29 is 18.5 Å². The van der Waals surface area contributed by atoms with Gasteiger partial charge in [0.2, 0.25) is 0 Å². The van der Waals surface area contributed by atoms with Crippen LogP contribution in [0.2, 0.25) is 0 Å². The van der Waals surface area contributed by atoms with Gasteiger partial charge in [-0.25, -0.2) is 8.78 Å². The summed E-state index contributed by atoms with van der Waals surface area (Å²) < 4.78 is 26.6. The van der Waals surface area contributed by atoms with Crippen LogP contribution in [0.3, 0.4) is 0 Å². The molecule has 30 heavy (non-hydrogen) atoms. The molecule has 3 aromatic carbocycles. The summed E-state index contributed by atoms with van der Waals surface area (Å²) in [7, 11) is 0. The fraction of sp³-hybridized carbons (Fsp3) is 0.0455. The fourth-order valence-electron chi connectivity index (χ4n) is 3.36. The highest BCUT2D eigenvalue weighted by atomic mass is 19.1. The van der Waals surface area contributed by atoms with E-state index in [4.69, 9.17) is 0 Å². The summed E-state index contributed by atoms with van der Waals surface area (Å²) in [5.41, 5.74) is 1.22. The van der Waals surface area contributed by atoms with E-state index in [1.165, 1.54) is 59.5 Å². The van der Waals surface area contributed by atoms with Crippen LogP contribution in [-0.4, -0.2) is 10.8 Å². The molecule has 0 radical (unpaired) electrons. The van der Waals surface area contributed by atoms with E-state index in [1.807, 2.05) is 0 Å². The third-order valence-corrected chi connectivity index (χ3v) is 4.73. The molecule has 0 aliphatic carbocycles. The zero-order valence-corrected chi connectivity index (χ0v) is 15.5. The zero-order chi connectivity index (χ0) is 21.3. The molecule has 8 heteroatoms. The summed E-state index contributed by atoms with van der Waals surface area (Å²) in [5, 5.41) is 14.5. The van der Waals surface area contributed by atoms with Crippen molar-refractivity contribution in [3.63, 3.8) is 0 Å². The Morgan fingerprint density at radius 2 is 1.50 bits per heavy atom. The molecular weight excluding hydrogens is 392 g/mol. The zero-order valence-electron chi connectivity index (χ0n) is 15.5. The Labute approximate surface area is 170 Å². The maximum absolute atomic E-state index is 13.4. The van der Waals surface area contributed by atoms with Crippen molar-refractivity contribution in [2.75, 3.05) is 10.2 Å². The normalized spacial score (nSPS) is 15.8. The monoisotopic (exact) mass is 407 g/mol. The summed E-state index contributed by atoms with van der Waals surface area (Å²) in [4.78, 5) is 25.6. The highest BCUT2D eigenvalue weighted by Crippen LogP contribution is 2.39. The van der Waals surface area contributed by atoms with Gasteiger partial charge in [0.25, 0.3) is 11.6 Å². The summed E-state index contributed by atoms with van der Waals surface area (Å²) in [6, 6.07) is 16.1. The lowest BCUT2D eigenvalue weighted by Gasteiger charge is -2.25. The molecule has 1 atom stereocenters. The Balaban J connectivity index is 1.79. The maximum Gasteiger partial charge on any atom is 0.275 e. The number of nitro groups is 1. The van der Waals surface area contributed by atoms with Crippen molar-refractivity contribution in [2.24, 2.45) is 0 Å². The van der Waals surface area contributed by atoms with Crippen molar-refractivity contribution in [2.45, 2.75) is 6.04 Å². The van der Waals surface area contributed by atoms with E-state index < -0.39 is 28.5 Å². The Hall–Kier alpha value is -4.07. The first kappa shape index (κ1) is 19.3. The molecule has 1 heterocycles. The van der Waals surface area contributed by atoms with Gasteiger partial charge >= 0.3 is 0 Å². The third kappa shape index (κ3) is 3.62. The van der Waals surface area contributed by atoms with E-state index in [0.717, 1.165) is 0 Å². The largest absolute Gasteiger partial charge is 0.351 e. The van der Waals surface area contributed by atoms with Gasteiger partial charge in [0, 0.05) is 17.4 Å². The molecule has 1 aliphatic rings. The lowest BCUT2D eigenvalue weighted by Crippen LogP contribution is -2.31. The van der Waals surface area contributed by atoms with Gasteiger partial charge in [0.05, 0.1) is 16.5 Å². The summed E-state index contributed by atoms with van der Waals surface area (Å²) >= 11 is 0. The standard InChI is InChI=1S/C22H15F2N3O3/c23-14-5-9-16(10-6-14)25-19-13-21(18-3-1-2-4-20(18)27(29)30)26(22(19)28)17-11-7-15(24)8-12-17/h1-13,21,25H/t21-/m1/s1. The summed E-state index contributed by atoms with van der Waals surface area (Å²) in [5.74, 6) is -1.34. The first-order valence-corrected chi connectivity index (χ1v) is 9.01. The molecule has 0 fully saturated rings. The topological polar surface area (TPSA) is 75.5 Å². The van der Waals surface area contributed by atoms with E-state index in [1.54, 1.807) is 24.3 Å². The second-order valence-electron chi connectivity index (χ2n) is 6.62. The number of anilines is 2. The van der Waals surface area contributed by atoms with Crippen LogP contribution in [0.1, 0.15) is 11.6 Å². The molecular formula is C22H15F2N3O3. The van der Waals surface area contributed by atoms with Crippen LogP contribution in [0, 0.1) is 21.7 Å². The Bertz CT molecular complexity index is 1150. The van der Waals surface area contributed by atoms with Gasteiger partial charge in [-0.1, -0.05) is 12.1 Å². The number of nitrogens with zero attached hydrogens (tertiary/aromatic N) is 2. The van der Waals surface area contributed by atoms with Crippen molar-refractivity contribution in [3.8, 4) is 0 Å². The molecule has 150 valence electrons. The number of amides is 1. The number of carbonyl (C=O) groups excluding carboxylic acids is 1. The van der Waals surface area contributed by atoms with Crippen LogP contribution in [0.15, 0.2) is 84.6 Å². The summed E-state index contributed by atoms with van der Waals surface area (Å²) in [6.45, 7) is 0. The minimum Gasteiger partial charge on any atom is -0.351 e. The maximum atomic E-state index is 13.4. The van der Waals surface area contributed by atoms with Crippen LogP contribution in [0.4, 0.5) is 25.8 Å². The van der Waals surface area contributed by atoms with Gasteiger partial charge in [-0.15, -0.1) is 0 Å². The second-order valence-corrected chi connectivity index (χ2v) is 6.62. The lowest BCUT2D eigenvalue weighted by atomic mass is 10.0. The molecule has 6 nitrogen and oxygen atoms in total. The lowest BCUT2D eigenvalue weighted by molar-refractivity contribution is -0.385. The number of benzene rings is 3. The minimum absolute atomic E-state index is 0.137. The van der Waals surface area contributed by atoms with Gasteiger partial charge in [-0.3, -0.25) is 19.8 Å². The SMILES string of the molecule is O=C1C(Nc2ccc(F)cc2)=C[C@H](c2ccccc2[N+](=O)[O-])N1c1ccc(F)cc1. The minimum atomic E-state index is -0.785. The van der Waals surface area contributed by atoms with E-state index in [9.17, 15) is 23.7 Å². The second kappa shape index (κ2) is 7.75. The molecule has 0 spiro atoms. The first-order chi connectivity index (χ1) is 14.4. The Morgan fingerprint density at radius 3 is 2.13 bits per heavy atom. The van der Waals surface area contributed by atoms with Crippen LogP contribution in [0.5, 0.6) is 0 Å². The average Bonchev–Trinajstić information content (AvgIpc) is 3.06. The van der Waals surface area contributed by atoms with Gasteiger partial charge < -0.3 is 5.32 Å². The van der Waals surface area contributed by atoms with Gasteiger partial charge in [-0.2, -0.15) is 0 Å². The van der Waals surface area contributed by atoms with E-state index >= 15 is 0 Å². The number of carbonyl (C=O) groups is 1. The predicted molar refractivity (Wildman–Crippen MR) is 108 cm³/mol. The molecule has 0 aromatic heterocycles. The molecule has 0 bridgehead atoms. The number of nitro benzene ring substituents is 1. The van der Waals surface area contributed by atoms with Crippen LogP contribution >= 0.6 is 0 Å². The first-order valence-electron chi connectivity index (χ1n) is 9.01. The predicted octanol–water partition coefficient (Wildman–Crippen LogP) is 4.96. The van der Waals surface area contributed by atoms with Crippen LogP contribution in [0.25, 0.3) is 0 Å². The van der Waals surface area contributed by atoms with Gasteiger partial charge in [0.1, 0.15) is 17.3 Å². The molecule has 0 unspecified atom stereocenters. The highest BCUT2D eigenvalue weighted by Gasteiger charge is 2.37. The number of halogens is 2. The quantitative estimate of drug-likeness (QED) is 0.479. The molecule has 0 saturated heterocycles. The van der Waals surface area contributed by atoms with Crippen LogP contribution in [-0.2, 0) is 4.79 Å². The molecule has 3 aromatic rings. The van der Waals surface area contributed by atoms with Crippen LogP contribution < -0.4 is 10.2 Å². The molecule has 4 rings (SSSR count). The molecule has 0 saturated carbocycles. The van der Waals surface area contributed by atoms with Crippen molar-refractivity contribution >= 4 is 23.0 Å². The number of rotatable bonds is 5. The number of hydrogen-bond acceptors (Lipinski definition) is 4. The Morgan fingerprint density at radius 1 is 0.900 bits per heavy atom. The smallest absolute Gasteiger partial charge is 0.275 e. The Kier molecular flexibility index (Phi) is 4.97. The third-order valence-electron chi connectivity index (χ3n) is 4.73. The summed E-state index contributed by atoms with van der Waals surface area (Å²) in [6.07, 6.45) is 1.57. The fourth-order valence-corrected chi connectivity index (χ4v) is 3.36. The number of para-hydroxylation sites is 1. The highest BCUT2D eigenvalue weighted by molar-refractivity contribution is 6.11.